The van der Waals surface area contributed by atoms with Crippen LogP contribution in [0.5, 0.6) is 0 Å². The molecule has 0 aromatic heterocycles. The van der Waals surface area contributed by atoms with Crippen molar-refractivity contribution in [2.75, 3.05) is 19.7 Å². The average Bonchev–Trinajstić information content (AvgIpc) is 2.82. The van der Waals surface area contributed by atoms with E-state index in [4.69, 9.17) is 9.47 Å². The van der Waals surface area contributed by atoms with Gasteiger partial charge in [-0.25, -0.2) is 4.79 Å². The fraction of sp³-hybridized carbons (Fsp3) is 0.474. The second kappa shape index (κ2) is 8.66. The molecule has 2 rings (SSSR count). The van der Waals surface area contributed by atoms with Crippen LogP contribution in [0.3, 0.4) is 0 Å². The molecule has 1 aliphatic rings. The lowest BCUT2D eigenvalue weighted by Gasteiger charge is -2.19. The molecule has 0 saturated heterocycles. The molecule has 3 amide bonds. The summed E-state index contributed by atoms with van der Waals surface area (Å²) in [6, 6.07) is 6.65. The van der Waals surface area contributed by atoms with E-state index in [0.29, 0.717) is 17.5 Å². The molecule has 8 heteroatoms. The number of benzene rings is 1. The van der Waals surface area contributed by atoms with Crippen LogP contribution in [0, 0.1) is 0 Å². The van der Waals surface area contributed by atoms with E-state index in [1.807, 2.05) is 0 Å². The first-order chi connectivity index (χ1) is 12.7. The lowest BCUT2D eigenvalue weighted by Crippen LogP contribution is -2.34. The molecule has 0 saturated carbocycles. The van der Waals surface area contributed by atoms with Gasteiger partial charge in [0.05, 0.1) is 24.2 Å². The van der Waals surface area contributed by atoms with Crippen LogP contribution in [0.4, 0.5) is 4.79 Å². The van der Waals surface area contributed by atoms with E-state index < -0.39 is 17.7 Å². The fourth-order valence-corrected chi connectivity index (χ4v) is 2.50. The summed E-state index contributed by atoms with van der Waals surface area (Å²) in [5, 5.41) is 2.47. The Kier molecular flexibility index (Phi) is 6.55. The van der Waals surface area contributed by atoms with Gasteiger partial charge in [0.2, 0.25) is 0 Å². The Morgan fingerprint density at radius 1 is 1.07 bits per heavy atom. The highest BCUT2D eigenvalue weighted by molar-refractivity contribution is 6.21. The molecule has 1 aromatic carbocycles. The number of rotatable bonds is 7. The molecule has 0 atom stereocenters. The van der Waals surface area contributed by atoms with E-state index >= 15 is 0 Å². The molecule has 0 aliphatic carbocycles. The number of fused-ring (bicyclic) bond motifs is 1. The minimum absolute atomic E-state index is 0.00621. The molecule has 146 valence electrons. The number of imide groups is 1. The molecule has 27 heavy (non-hydrogen) atoms. The summed E-state index contributed by atoms with van der Waals surface area (Å²) in [5.41, 5.74) is 0.190. The molecular formula is C19H24N2O6. The predicted octanol–water partition coefficient (Wildman–Crippen LogP) is 2.13. The predicted molar refractivity (Wildman–Crippen MR) is 96.2 cm³/mol. The molecule has 1 N–H and O–H groups in total. The van der Waals surface area contributed by atoms with Crippen LogP contribution >= 0.6 is 0 Å². The molecule has 1 aromatic rings. The van der Waals surface area contributed by atoms with Crippen LogP contribution in [0.15, 0.2) is 24.3 Å². The summed E-state index contributed by atoms with van der Waals surface area (Å²) in [6.07, 6.45) is -0.246. The van der Waals surface area contributed by atoms with Crippen molar-refractivity contribution in [3.05, 3.63) is 35.4 Å². The Morgan fingerprint density at radius 3 is 2.22 bits per heavy atom. The van der Waals surface area contributed by atoms with Crippen LogP contribution in [-0.4, -0.2) is 54.1 Å². The molecular weight excluding hydrogens is 352 g/mol. The Bertz CT molecular complexity index is 703. The van der Waals surface area contributed by atoms with Gasteiger partial charge in [-0.15, -0.1) is 0 Å². The van der Waals surface area contributed by atoms with Gasteiger partial charge in [0.15, 0.2) is 0 Å². The highest BCUT2D eigenvalue weighted by Gasteiger charge is 2.34. The Balaban J connectivity index is 1.63. The van der Waals surface area contributed by atoms with E-state index in [-0.39, 0.29) is 37.9 Å². The number of nitrogens with zero attached hydrogens (tertiary/aromatic N) is 1. The van der Waals surface area contributed by atoms with Crippen molar-refractivity contribution >= 4 is 23.9 Å². The molecule has 8 nitrogen and oxygen atoms in total. The van der Waals surface area contributed by atoms with Gasteiger partial charge in [-0.2, -0.15) is 0 Å². The number of esters is 1. The second-order valence-corrected chi connectivity index (χ2v) is 7.06. The zero-order valence-corrected chi connectivity index (χ0v) is 15.7. The summed E-state index contributed by atoms with van der Waals surface area (Å²) in [7, 11) is 0. The van der Waals surface area contributed by atoms with Gasteiger partial charge in [0, 0.05) is 13.1 Å². The van der Waals surface area contributed by atoms with E-state index in [1.54, 1.807) is 45.0 Å². The standard InChI is InChI=1S/C19H24N2O6/c1-19(2,3)27-18(25)20-10-9-15(22)26-12-6-11-21-16(23)13-7-4-5-8-14(13)17(21)24/h4-5,7-8H,6,9-12H2,1-3H3,(H,20,25). The van der Waals surface area contributed by atoms with Gasteiger partial charge < -0.3 is 14.8 Å². The van der Waals surface area contributed by atoms with Crippen LogP contribution in [0.2, 0.25) is 0 Å². The SMILES string of the molecule is CC(C)(C)OC(=O)NCCC(=O)OCCCN1C(=O)c2ccccc2C1=O. The average molecular weight is 376 g/mol. The molecule has 1 aliphatic heterocycles. The molecule has 0 bridgehead atoms. The number of carbonyl (C=O) groups is 4. The highest BCUT2D eigenvalue weighted by Crippen LogP contribution is 2.22. The number of ether oxygens (including phenoxy) is 2. The zero-order chi connectivity index (χ0) is 20.0. The summed E-state index contributed by atoms with van der Waals surface area (Å²) < 4.78 is 10.1. The third kappa shape index (κ3) is 5.80. The van der Waals surface area contributed by atoms with Crippen LogP contribution < -0.4 is 5.32 Å². The zero-order valence-electron chi connectivity index (χ0n) is 15.7. The first-order valence-electron chi connectivity index (χ1n) is 8.77. The Hall–Kier alpha value is -2.90. The first kappa shape index (κ1) is 20.4. The molecule has 0 unspecified atom stereocenters. The second-order valence-electron chi connectivity index (χ2n) is 7.06. The van der Waals surface area contributed by atoms with Gasteiger partial charge in [-0.1, -0.05) is 12.1 Å². The van der Waals surface area contributed by atoms with Crippen molar-refractivity contribution in [1.29, 1.82) is 0 Å². The molecule has 0 spiro atoms. The number of nitrogens with one attached hydrogen (secondary N) is 1. The normalized spacial score (nSPS) is 13.4. The van der Waals surface area contributed by atoms with Crippen molar-refractivity contribution in [1.82, 2.24) is 10.2 Å². The molecule has 0 fully saturated rings. The number of hydrogen-bond acceptors (Lipinski definition) is 6. The maximum Gasteiger partial charge on any atom is 0.407 e. The molecule has 1 heterocycles. The summed E-state index contributed by atoms with van der Waals surface area (Å²) in [5.74, 6) is -1.14. The minimum Gasteiger partial charge on any atom is -0.466 e. The Morgan fingerprint density at radius 2 is 1.67 bits per heavy atom. The number of amides is 3. The third-order valence-electron chi connectivity index (χ3n) is 3.66. The maximum atomic E-state index is 12.2. The maximum absolute atomic E-state index is 12.2. The largest absolute Gasteiger partial charge is 0.466 e. The van der Waals surface area contributed by atoms with Gasteiger partial charge in [-0.3, -0.25) is 19.3 Å². The smallest absolute Gasteiger partial charge is 0.407 e. The van der Waals surface area contributed by atoms with Crippen LogP contribution in [0.1, 0.15) is 54.3 Å². The van der Waals surface area contributed by atoms with Gasteiger partial charge in [0.25, 0.3) is 11.8 Å². The minimum atomic E-state index is -0.602. The number of hydrogen-bond donors (Lipinski definition) is 1. The van der Waals surface area contributed by atoms with E-state index in [1.165, 1.54) is 0 Å². The van der Waals surface area contributed by atoms with E-state index in [0.717, 1.165) is 4.90 Å². The van der Waals surface area contributed by atoms with Gasteiger partial charge >= 0.3 is 12.1 Å². The number of alkyl carbamates (subject to hydrolysis) is 1. The summed E-state index contributed by atoms with van der Waals surface area (Å²) in [6.45, 7) is 5.60. The van der Waals surface area contributed by atoms with Crippen molar-refractivity contribution in [3.63, 3.8) is 0 Å². The Labute approximate surface area is 157 Å². The van der Waals surface area contributed by atoms with Gasteiger partial charge in [0.1, 0.15) is 5.60 Å². The number of carbonyl (C=O) groups excluding carboxylic acids is 4. The lowest BCUT2D eigenvalue weighted by atomic mass is 10.1. The topological polar surface area (TPSA) is 102 Å². The quantitative estimate of drug-likeness (QED) is 0.444. The van der Waals surface area contributed by atoms with Crippen molar-refractivity contribution in [2.24, 2.45) is 0 Å². The van der Waals surface area contributed by atoms with E-state index in [9.17, 15) is 19.2 Å². The lowest BCUT2D eigenvalue weighted by molar-refractivity contribution is -0.143. The van der Waals surface area contributed by atoms with Crippen LogP contribution in [0.25, 0.3) is 0 Å². The summed E-state index contributed by atoms with van der Waals surface area (Å²) in [4.78, 5) is 48.6. The van der Waals surface area contributed by atoms with Crippen LogP contribution in [-0.2, 0) is 14.3 Å². The fourth-order valence-electron chi connectivity index (χ4n) is 2.50. The van der Waals surface area contributed by atoms with E-state index in [2.05, 4.69) is 5.32 Å². The van der Waals surface area contributed by atoms with Gasteiger partial charge in [-0.05, 0) is 39.3 Å². The monoisotopic (exact) mass is 376 g/mol. The van der Waals surface area contributed by atoms with Crippen molar-refractivity contribution in [3.8, 4) is 0 Å². The van der Waals surface area contributed by atoms with Crippen molar-refractivity contribution < 1.29 is 28.7 Å². The third-order valence-corrected chi connectivity index (χ3v) is 3.66. The van der Waals surface area contributed by atoms with Crippen molar-refractivity contribution in [2.45, 2.75) is 39.2 Å². The highest BCUT2D eigenvalue weighted by atomic mass is 16.6. The summed E-state index contributed by atoms with van der Waals surface area (Å²) >= 11 is 0. The first-order valence-corrected chi connectivity index (χ1v) is 8.77. The molecule has 0 radical (unpaired) electrons.